The largest absolute Gasteiger partial charge is 0.337 e. The standard InChI is InChI=1S/C29H29FN4O3/c1-19-4-2-5-21(16-19)29(37)34-25-11-8-22(28(36)33-14-3-12-31-13-15-33)17-24(25)32-27(35)18-26(34)20-6-9-23(30)10-7-20/h2,4-11,16-17,26,31H,3,12-15,18H2,1H3,(H,32,35). The minimum absolute atomic E-state index is 0.0149. The number of carbonyl (C=O) groups excluding carboxylic acids is 3. The van der Waals surface area contributed by atoms with E-state index in [-0.39, 0.29) is 24.1 Å². The van der Waals surface area contributed by atoms with Crippen LogP contribution in [0.3, 0.4) is 0 Å². The fourth-order valence-electron chi connectivity index (χ4n) is 4.97. The van der Waals surface area contributed by atoms with Crippen LogP contribution in [0.1, 0.15) is 50.7 Å². The van der Waals surface area contributed by atoms with E-state index in [1.54, 1.807) is 52.3 Å². The van der Waals surface area contributed by atoms with Gasteiger partial charge in [0.2, 0.25) is 5.91 Å². The van der Waals surface area contributed by atoms with Crippen molar-refractivity contribution in [2.75, 3.05) is 36.4 Å². The third-order valence-corrected chi connectivity index (χ3v) is 6.83. The third kappa shape index (κ3) is 5.24. The van der Waals surface area contributed by atoms with Gasteiger partial charge >= 0.3 is 0 Å². The van der Waals surface area contributed by atoms with Crippen LogP contribution in [0, 0.1) is 12.7 Å². The lowest BCUT2D eigenvalue weighted by Gasteiger charge is -2.31. The van der Waals surface area contributed by atoms with Crippen LogP contribution < -0.4 is 15.5 Å². The van der Waals surface area contributed by atoms with E-state index in [0.717, 1.165) is 25.1 Å². The molecule has 0 spiro atoms. The van der Waals surface area contributed by atoms with Crippen molar-refractivity contribution >= 4 is 29.1 Å². The Morgan fingerprint density at radius 2 is 1.70 bits per heavy atom. The normalized spacial score (nSPS) is 17.9. The fraction of sp³-hybridized carbons (Fsp3) is 0.276. The minimum atomic E-state index is -0.659. The van der Waals surface area contributed by atoms with Gasteiger partial charge in [0.05, 0.1) is 23.8 Å². The molecule has 190 valence electrons. The summed E-state index contributed by atoms with van der Waals surface area (Å²) in [5, 5.41) is 6.19. The Morgan fingerprint density at radius 3 is 2.49 bits per heavy atom. The van der Waals surface area contributed by atoms with E-state index < -0.39 is 11.9 Å². The van der Waals surface area contributed by atoms with E-state index >= 15 is 0 Å². The summed E-state index contributed by atoms with van der Waals surface area (Å²) < 4.78 is 13.7. The molecule has 1 atom stereocenters. The van der Waals surface area contributed by atoms with E-state index in [1.807, 2.05) is 19.1 Å². The Kier molecular flexibility index (Phi) is 7.01. The zero-order valence-corrected chi connectivity index (χ0v) is 20.7. The van der Waals surface area contributed by atoms with Gasteiger partial charge in [-0.3, -0.25) is 19.3 Å². The van der Waals surface area contributed by atoms with E-state index in [2.05, 4.69) is 10.6 Å². The molecule has 0 aromatic heterocycles. The summed E-state index contributed by atoms with van der Waals surface area (Å²) in [5.74, 6) is -1.09. The lowest BCUT2D eigenvalue weighted by molar-refractivity contribution is -0.116. The predicted molar refractivity (Wildman–Crippen MR) is 140 cm³/mol. The molecule has 8 heteroatoms. The van der Waals surface area contributed by atoms with Gasteiger partial charge in [-0.1, -0.05) is 29.8 Å². The fourth-order valence-corrected chi connectivity index (χ4v) is 4.97. The van der Waals surface area contributed by atoms with Gasteiger partial charge in [-0.05, 0) is 67.9 Å². The molecule has 0 saturated carbocycles. The number of anilines is 2. The molecule has 2 heterocycles. The number of fused-ring (bicyclic) bond motifs is 1. The summed E-state index contributed by atoms with van der Waals surface area (Å²) in [6.07, 6.45) is 0.852. The van der Waals surface area contributed by atoms with Crippen molar-refractivity contribution in [2.24, 2.45) is 0 Å². The van der Waals surface area contributed by atoms with Crippen molar-refractivity contribution < 1.29 is 18.8 Å². The van der Waals surface area contributed by atoms with Crippen molar-refractivity contribution in [1.82, 2.24) is 10.2 Å². The maximum absolute atomic E-state index is 14.0. The van der Waals surface area contributed by atoms with Crippen molar-refractivity contribution in [3.05, 3.63) is 94.8 Å². The van der Waals surface area contributed by atoms with Gasteiger partial charge in [0.1, 0.15) is 5.82 Å². The number of aryl methyl sites for hydroxylation is 1. The average Bonchev–Trinajstić information content (AvgIpc) is 3.25. The second-order valence-electron chi connectivity index (χ2n) is 9.49. The molecule has 3 aromatic carbocycles. The third-order valence-electron chi connectivity index (χ3n) is 6.83. The van der Waals surface area contributed by atoms with Crippen LogP contribution in [0.2, 0.25) is 0 Å². The number of benzene rings is 3. The van der Waals surface area contributed by atoms with Crippen molar-refractivity contribution in [3.8, 4) is 0 Å². The lowest BCUT2D eigenvalue weighted by Crippen LogP contribution is -2.35. The van der Waals surface area contributed by atoms with E-state index in [1.165, 1.54) is 12.1 Å². The molecule has 1 fully saturated rings. The first-order valence-electron chi connectivity index (χ1n) is 12.5. The quantitative estimate of drug-likeness (QED) is 0.562. The molecule has 0 radical (unpaired) electrons. The Bertz CT molecular complexity index is 1330. The highest BCUT2D eigenvalue weighted by Crippen LogP contribution is 2.40. The van der Waals surface area contributed by atoms with Gasteiger partial charge in [-0.25, -0.2) is 4.39 Å². The maximum atomic E-state index is 14.0. The average molecular weight is 501 g/mol. The summed E-state index contributed by atoms with van der Waals surface area (Å²) in [6.45, 7) is 4.76. The topological polar surface area (TPSA) is 81.8 Å². The molecule has 3 aromatic rings. The van der Waals surface area contributed by atoms with Crippen LogP contribution in [-0.2, 0) is 4.79 Å². The molecule has 3 amide bonds. The lowest BCUT2D eigenvalue weighted by atomic mass is 9.99. The summed E-state index contributed by atoms with van der Waals surface area (Å²) in [4.78, 5) is 43.7. The van der Waals surface area contributed by atoms with E-state index in [4.69, 9.17) is 0 Å². The van der Waals surface area contributed by atoms with Crippen LogP contribution in [0.5, 0.6) is 0 Å². The van der Waals surface area contributed by atoms with Crippen molar-refractivity contribution in [1.29, 1.82) is 0 Å². The second kappa shape index (κ2) is 10.5. The maximum Gasteiger partial charge on any atom is 0.258 e. The number of nitrogens with zero attached hydrogens (tertiary/aromatic N) is 2. The molecule has 0 aliphatic carbocycles. The monoisotopic (exact) mass is 500 g/mol. The Morgan fingerprint density at radius 1 is 0.919 bits per heavy atom. The van der Waals surface area contributed by atoms with Crippen LogP contribution in [0.15, 0.2) is 66.7 Å². The van der Waals surface area contributed by atoms with Gasteiger partial charge in [0, 0.05) is 30.8 Å². The Balaban J connectivity index is 1.59. The molecule has 2 N–H and O–H groups in total. The number of carbonyl (C=O) groups is 3. The van der Waals surface area contributed by atoms with Crippen molar-refractivity contribution in [2.45, 2.75) is 25.8 Å². The number of rotatable bonds is 3. The second-order valence-corrected chi connectivity index (χ2v) is 9.49. The molecule has 2 aliphatic rings. The number of amides is 3. The zero-order chi connectivity index (χ0) is 25.9. The first kappa shape index (κ1) is 24.6. The molecular formula is C29H29FN4O3. The highest BCUT2D eigenvalue weighted by atomic mass is 19.1. The summed E-state index contributed by atoms with van der Waals surface area (Å²) in [5.41, 5.74) is 3.38. The van der Waals surface area contributed by atoms with Crippen molar-refractivity contribution in [3.63, 3.8) is 0 Å². The molecule has 1 saturated heterocycles. The Labute approximate surface area is 215 Å². The first-order chi connectivity index (χ1) is 17.9. The number of halogens is 1. The van der Waals surface area contributed by atoms with E-state index in [9.17, 15) is 18.8 Å². The van der Waals surface area contributed by atoms with Gasteiger partial charge in [0.25, 0.3) is 11.8 Å². The van der Waals surface area contributed by atoms with Crippen LogP contribution >= 0.6 is 0 Å². The van der Waals surface area contributed by atoms with Gasteiger partial charge < -0.3 is 15.5 Å². The van der Waals surface area contributed by atoms with Crippen LogP contribution in [0.25, 0.3) is 0 Å². The smallest absolute Gasteiger partial charge is 0.258 e. The van der Waals surface area contributed by atoms with E-state index in [0.29, 0.717) is 41.2 Å². The highest BCUT2D eigenvalue weighted by molar-refractivity contribution is 6.12. The number of hydrogen-bond donors (Lipinski definition) is 2. The summed E-state index contributed by atoms with van der Waals surface area (Å²) in [6, 6.07) is 17.5. The molecular weight excluding hydrogens is 471 g/mol. The number of hydrogen-bond acceptors (Lipinski definition) is 4. The summed E-state index contributed by atoms with van der Waals surface area (Å²) >= 11 is 0. The molecule has 5 rings (SSSR count). The highest BCUT2D eigenvalue weighted by Gasteiger charge is 2.35. The molecule has 1 unspecified atom stereocenters. The Hall–Kier alpha value is -4.04. The zero-order valence-electron chi connectivity index (χ0n) is 20.7. The SMILES string of the molecule is Cc1cccc(C(=O)N2c3ccc(C(=O)N4CCCNCC4)cc3NC(=O)CC2c2ccc(F)cc2)c1. The summed E-state index contributed by atoms with van der Waals surface area (Å²) in [7, 11) is 0. The van der Waals surface area contributed by atoms with Gasteiger partial charge in [-0.2, -0.15) is 0 Å². The first-order valence-corrected chi connectivity index (χ1v) is 12.5. The molecule has 7 nitrogen and oxygen atoms in total. The van der Waals surface area contributed by atoms with Gasteiger partial charge in [-0.15, -0.1) is 0 Å². The van der Waals surface area contributed by atoms with Gasteiger partial charge in [0.15, 0.2) is 0 Å². The number of nitrogens with one attached hydrogen (secondary N) is 2. The predicted octanol–water partition coefficient (Wildman–Crippen LogP) is 4.30. The molecule has 2 aliphatic heterocycles. The van der Waals surface area contributed by atoms with Crippen LogP contribution in [0.4, 0.5) is 15.8 Å². The van der Waals surface area contributed by atoms with Crippen LogP contribution in [-0.4, -0.2) is 48.8 Å². The molecule has 37 heavy (non-hydrogen) atoms. The minimum Gasteiger partial charge on any atom is -0.337 e. The molecule has 0 bridgehead atoms.